The molecule has 0 saturated heterocycles. The van der Waals surface area contributed by atoms with Crippen LogP contribution in [0, 0.1) is 0 Å². The van der Waals surface area contributed by atoms with Gasteiger partial charge >= 0.3 is 17.9 Å². The molecule has 0 fully saturated rings. The lowest BCUT2D eigenvalue weighted by Gasteiger charge is -2.14. The maximum Gasteiger partial charge on any atom is 0.338 e. The van der Waals surface area contributed by atoms with Crippen molar-refractivity contribution in [3.63, 3.8) is 0 Å². The van der Waals surface area contributed by atoms with Gasteiger partial charge < -0.3 is 14.2 Å². The average molecular weight is 322 g/mol. The highest BCUT2D eigenvalue weighted by molar-refractivity contribution is 6.02. The zero-order chi connectivity index (χ0) is 17.4. The summed E-state index contributed by atoms with van der Waals surface area (Å²) in [5, 5.41) is 0. The number of ether oxygens (including phenoxy) is 3. The van der Waals surface area contributed by atoms with E-state index in [1.807, 2.05) is 6.92 Å². The Morgan fingerprint density at radius 1 is 0.739 bits per heavy atom. The van der Waals surface area contributed by atoms with Crippen molar-refractivity contribution >= 4 is 17.9 Å². The van der Waals surface area contributed by atoms with Crippen molar-refractivity contribution in [3.05, 3.63) is 34.4 Å². The molecule has 0 heterocycles. The molecular formula is C17H22O6. The molecule has 0 aliphatic rings. The Morgan fingerprint density at radius 3 is 1.48 bits per heavy atom. The third-order valence-electron chi connectivity index (χ3n) is 3.11. The van der Waals surface area contributed by atoms with Gasteiger partial charge in [-0.3, -0.25) is 0 Å². The van der Waals surface area contributed by atoms with Crippen LogP contribution in [0.4, 0.5) is 0 Å². The fraction of sp³-hybridized carbons (Fsp3) is 0.471. The second kappa shape index (κ2) is 8.92. The maximum absolute atomic E-state index is 12.2. The van der Waals surface area contributed by atoms with Crippen LogP contribution in [0.1, 0.15) is 64.3 Å². The summed E-state index contributed by atoms with van der Waals surface area (Å²) in [4.78, 5) is 36.3. The van der Waals surface area contributed by atoms with Gasteiger partial charge in [-0.2, -0.15) is 0 Å². The Kier molecular flexibility index (Phi) is 7.25. The fourth-order valence-corrected chi connectivity index (χ4v) is 2.17. The second-order valence-corrected chi connectivity index (χ2v) is 4.56. The largest absolute Gasteiger partial charge is 0.462 e. The first kappa shape index (κ1) is 18.7. The van der Waals surface area contributed by atoms with E-state index in [0.717, 1.165) is 0 Å². The molecule has 0 aromatic heterocycles. The van der Waals surface area contributed by atoms with E-state index in [1.165, 1.54) is 12.1 Å². The van der Waals surface area contributed by atoms with Gasteiger partial charge in [0.15, 0.2) is 0 Å². The molecule has 1 rings (SSSR count). The average Bonchev–Trinajstić information content (AvgIpc) is 2.54. The Labute approximate surface area is 135 Å². The summed E-state index contributed by atoms with van der Waals surface area (Å²) in [6, 6.07) is 2.80. The van der Waals surface area contributed by atoms with E-state index in [-0.39, 0.29) is 36.5 Å². The lowest BCUT2D eigenvalue weighted by Crippen LogP contribution is -2.17. The SMILES string of the molecule is CCOC(=O)c1cc(C(=O)OCC)c(CC)c(C(=O)OCC)c1. The van der Waals surface area contributed by atoms with Crippen molar-refractivity contribution in [1.29, 1.82) is 0 Å². The van der Waals surface area contributed by atoms with Crippen LogP contribution < -0.4 is 0 Å². The summed E-state index contributed by atoms with van der Waals surface area (Å²) >= 11 is 0. The van der Waals surface area contributed by atoms with Gasteiger partial charge in [-0.15, -0.1) is 0 Å². The van der Waals surface area contributed by atoms with E-state index < -0.39 is 17.9 Å². The molecule has 6 heteroatoms. The van der Waals surface area contributed by atoms with Gasteiger partial charge in [0.2, 0.25) is 0 Å². The van der Waals surface area contributed by atoms with E-state index in [4.69, 9.17) is 14.2 Å². The molecule has 0 radical (unpaired) electrons. The minimum absolute atomic E-state index is 0.121. The second-order valence-electron chi connectivity index (χ2n) is 4.56. The van der Waals surface area contributed by atoms with Gasteiger partial charge in [-0.05, 0) is 44.9 Å². The number of hydrogen-bond acceptors (Lipinski definition) is 6. The number of benzene rings is 1. The third kappa shape index (κ3) is 4.55. The van der Waals surface area contributed by atoms with Crippen molar-refractivity contribution in [2.24, 2.45) is 0 Å². The van der Waals surface area contributed by atoms with Crippen LogP contribution in [0.5, 0.6) is 0 Å². The van der Waals surface area contributed by atoms with Gasteiger partial charge in [-0.1, -0.05) is 6.92 Å². The van der Waals surface area contributed by atoms with E-state index in [0.29, 0.717) is 12.0 Å². The molecule has 0 spiro atoms. The lowest BCUT2D eigenvalue weighted by atomic mass is 9.95. The molecule has 6 nitrogen and oxygen atoms in total. The zero-order valence-electron chi connectivity index (χ0n) is 13.9. The maximum atomic E-state index is 12.2. The molecule has 0 saturated carbocycles. The molecular weight excluding hydrogens is 300 g/mol. The molecule has 1 aromatic carbocycles. The smallest absolute Gasteiger partial charge is 0.338 e. The van der Waals surface area contributed by atoms with Gasteiger partial charge in [0.1, 0.15) is 0 Å². The summed E-state index contributed by atoms with van der Waals surface area (Å²) in [6.07, 6.45) is 0.422. The summed E-state index contributed by atoms with van der Waals surface area (Å²) in [5.74, 6) is -1.77. The molecule has 0 atom stereocenters. The number of hydrogen-bond donors (Lipinski definition) is 0. The van der Waals surface area contributed by atoms with Crippen LogP contribution in [0.25, 0.3) is 0 Å². The van der Waals surface area contributed by atoms with Crippen LogP contribution in [-0.2, 0) is 20.6 Å². The molecule has 0 bridgehead atoms. The monoisotopic (exact) mass is 322 g/mol. The first-order valence-corrected chi connectivity index (χ1v) is 7.68. The number of rotatable bonds is 7. The van der Waals surface area contributed by atoms with Crippen LogP contribution >= 0.6 is 0 Å². The molecule has 0 amide bonds. The van der Waals surface area contributed by atoms with Gasteiger partial charge in [-0.25, -0.2) is 14.4 Å². The van der Waals surface area contributed by atoms with Crippen molar-refractivity contribution in [1.82, 2.24) is 0 Å². The summed E-state index contributed by atoms with van der Waals surface area (Å²) in [6.45, 7) is 7.44. The molecule has 126 valence electrons. The minimum atomic E-state index is -0.605. The highest BCUT2D eigenvalue weighted by atomic mass is 16.5. The van der Waals surface area contributed by atoms with Crippen LogP contribution in [0.15, 0.2) is 12.1 Å². The molecule has 0 aliphatic carbocycles. The molecule has 0 unspecified atom stereocenters. The van der Waals surface area contributed by atoms with Crippen molar-refractivity contribution in [3.8, 4) is 0 Å². The van der Waals surface area contributed by atoms with E-state index in [2.05, 4.69) is 0 Å². The number of carbonyl (C=O) groups excluding carboxylic acids is 3. The lowest BCUT2D eigenvalue weighted by molar-refractivity contribution is 0.0522. The molecule has 1 aromatic rings. The topological polar surface area (TPSA) is 78.9 Å². The van der Waals surface area contributed by atoms with Crippen LogP contribution in [-0.4, -0.2) is 37.7 Å². The standard InChI is InChI=1S/C17H22O6/c1-5-12-13(16(19)22-7-3)9-11(15(18)21-6-2)10-14(12)17(20)23-8-4/h9-10H,5-8H2,1-4H3. The summed E-state index contributed by atoms with van der Waals surface area (Å²) < 4.78 is 15.0. The van der Waals surface area contributed by atoms with Gasteiger partial charge in [0.25, 0.3) is 0 Å². The highest BCUT2D eigenvalue weighted by Gasteiger charge is 2.23. The third-order valence-corrected chi connectivity index (χ3v) is 3.11. The normalized spacial score (nSPS) is 10.1. The number of carbonyl (C=O) groups is 3. The Hall–Kier alpha value is -2.37. The van der Waals surface area contributed by atoms with Crippen molar-refractivity contribution in [2.45, 2.75) is 34.1 Å². The Balaban J connectivity index is 3.49. The van der Waals surface area contributed by atoms with Crippen molar-refractivity contribution < 1.29 is 28.6 Å². The molecule has 0 aliphatic heterocycles. The Morgan fingerprint density at radius 2 is 1.13 bits per heavy atom. The quantitative estimate of drug-likeness (QED) is 0.567. The summed E-state index contributed by atoms with van der Waals surface area (Å²) in [7, 11) is 0. The Bertz CT molecular complexity index is 552. The first-order chi connectivity index (χ1) is 11.0. The summed E-state index contributed by atoms with van der Waals surface area (Å²) in [5.41, 5.74) is 0.982. The van der Waals surface area contributed by atoms with Gasteiger partial charge in [0, 0.05) is 0 Å². The predicted molar refractivity (Wildman–Crippen MR) is 83.7 cm³/mol. The van der Waals surface area contributed by atoms with Crippen LogP contribution in [0.3, 0.4) is 0 Å². The molecule has 23 heavy (non-hydrogen) atoms. The first-order valence-electron chi connectivity index (χ1n) is 7.68. The zero-order valence-corrected chi connectivity index (χ0v) is 13.9. The number of esters is 3. The van der Waals surface area contributed by atoms with E-state index in [1.54, 1.807) is 20.8 Å². The fourth-order valence-electron chi connectivity index (χ4n) is 2.17. The van der Waals surface area contributed by atoms with Crippen LogP contribution in [0.2, 0.25) is 0 Å². The van der Waals surface area contributed by atoms with E-state index >= 15 is 0 Å². The van der Waals surface area contributed by atoms with E-state index in [9.17, 15) is 14.4 Å². The predicted octanol–water partition coefficient (Wildman–Crippen LogP) is 2.78. The van der Waals surface area contributed by atoms with Crippen molar-refractivity contribution in [2.75, 3.05) is 19.8 Å². The van der Waals surface area contributed by atoms with Gasteiger partial charge in [0.05, 0.1) is 36.5 Å². The highest BCUT2D eigenvalue weighted by Crippen LogP contribution is 2.22. The minimum Gasteiger partial charge on any atom is -0.462 e. The molecule has 0 N–H and O–H groups in total.